The summed E-state index contributed by atoms with van der Waals surface area (Å²) in [5, 5.41) is 10.7. The van der Waals surface area contributed by atoms with Gasteiger partial charge in [0, 0.05) is 25.1 Å². The molecule has 3 rings (SSSR count). The average Bonchev–Trinajstić information content (AvgIpc) is 3.12. The SMILES string of the molecule is CCc1[nH]ncc1C(=O)NCCc1nc2c(s1)COCC2. The third kappa shape index (κ3) is 3.14. The highest BCUT2D eigenvalue weighted by molar-refractivity contribution is 7.11. The van der Waals surface area contributed by atoms with Gasteiger partial charge in [0.2, 0.25) is 0 Å². The van der Waals surface area contributed by atoms with Crippen molar-refractivity contribution in [3.63, 3.8) is 0 Å². The number of nitrogens with zero attached hydrogens (tertiary/aromatic N) is 2. The van der Waals surface area contributed by atoms with Gasteiger partial charge in [0.05, 0.1) is 40.6 Å². The summed E-state index contributed by atoms with van der Waals surface area (Å²) >= 11 is 1.69. The van der Waals surface area contributed by atoms with Crippen LogP contribution >= 0.6 is 11.3 Å². The Morgan fingerprint density at radius 2 is 2.48 bits per heavy atom. The number of amides is 1. The Morgan fingerprint density at radius 1 is 1.57 bits per heavy atom. The molecule has 0 spiro atoms. The van der Waals surface area contributed by atoms with Gasteiger partial charge in [0.25, 0.3) is 5.91 Å². The minimum atomic E-state index is -0.0785. The molecule has 21 heavy (non-hydrogen) atoms. The van der Waals surface area contributed by atoms with Crippen molar-refractivity contribution in [3.05, 3.63) is 33.0 Å². The Hall–Kier alpha value is -1.73. The summed E-state index contributed by atoms with van der Waals surface area (Å²) in [6.07, 6.45) is 3.99. The third-order valence-corrected chi connectivity index (χ3v) is 4.61. The molecule has 112 valence electrons. The first-order valence-electron chi connectivity index (χ1n) is 7.13. The lowest BCUT2D eigenvalue weighted by Gasteiger charge is -2.08. The zero-order valence-electron chi connectivity index (χ0n) is 11.9. The number of aryl methyl sites for hydroxylation is 1. The molecule has 0 aliphatic carbocycles. The molecule has 7 heteroatoms. The van der Waals surface area contributed by atoms with E-state index in [0.29, 0.717) is 18.7 Å². The number of thiazole rings is 1. The molecule has 0 atom stereocenters. The number of carbonyl (C=O) groups excluding carboxylic acids is 1. The first kappa shape index (κ1) is 14.2. The maximum absolute atomic E-state index is 12.1. The fourth-order valence-electron chi connectivity index (χ4n) is 2.34. The quantitative estimate of drug-likeness (QED) is 0.877. The van der Waals surface area contributed by atoms with Crippen LogP contribution in [0, 0.1) is 0 Å². The number of fused-ring (bicyclic) bond motifs is 1. The Bertz CT molecular complexity index is 611. The number of ether oxygens (including phenoxy) is 1. The second-order valence-corrected chi connectivity index (χ2v) is 6.07. The number of aromatic amines is 1. The van der Waals surface area contributed by atoms with E-state index in [0.717, 1.165) is 42.3 Å². The van der Waals surface area contributed by atoms with E-state index in [1.54, 1.807) is 17.5 Å². The van der Waals surface area contributed by atoms with Crippen LogP contribution in [0.3, 0.4) is 0 Å². The summed E-state index contributed by atoms with van der Waals surface area (Å²) in [5.41, 5.74) is 2.66. The summed E-state index contributed by atoms with van der Waals surface area (Å²) in [5.74, 6) is -0.0785. The minimum Gasteiger partial charge on any atom is -0.375 e. The zero-order chi connectivity index (χ0) is 14.7. The van der Waals surface area contributed by atoms with Crippen LogP contribution < -0.4 is 5.32 Å². The highest BCUT2D eigenvalue weighted by atomic mass is 32.1. The van der Waals surface area contributed by atoms with Crippen molar-refractivity contribution in [2.24, 2.45) is 0 Å². The Kier molecular flexibility index (Phi) is 4.31. The second-order valence-electron chi connectivity index (χ2n) is 4.90. The molecule has 0 saturated heterocycles. The van der Waals surface area contributed by atoms with Crippen LogP contribution in [0.25, 0.3) is 0 Å². The minimum absolute atomic E-state index is 0.0785. The Balaban J connectivity index is 1.54. The van der Waals surface area contributed by atoms with Crippen molar-refractivity contribution in [2.75, 3.05) is 13.2 Å². The number of carbonyl (C=O) groups is 1. The van der Waals surface area contributed by atoms with Crippen LogP contribution in [0.5, 0.6) is 0 Å². The molecular weight excluding hydrogens is 288 g/mol. The van der Waals surface area contributed by atoms with Gasteiger partial charge in [-0.05, 0) is 6.42 Å². The van der Waals surface area contributed by atoms with Crippen molar-refractivity contribution < 1.29 is 9.53 Å². The largest absolute Gasteiger partial charge is 0.375 e. The molecule has 0 fully saturated rings. The molecule has 0 bridgehead atoms. The van der Waals surface area contributed by atoms with Gasteiger partial charge < -0.3 is 10.1 Å². The first-order valence-corrected chi connectivity index (χ1v) is 7.95. The van der Waals surface area contributed by atoms with Gasteiger partial charge >= 0.3 is 0 Å². The predicted octanol–water partition coefficient (Wildman–Crippen LogP) is 1.47. The monoisotopic (exact) mass is 306 g/mol. The van der Waals surface area contributed by atoms with Crippen LogP contribution in [0.15, 0.2) is 6.20 Å². The number of hydrogen-bond acceptors (Lipinski definition) is 5. The lowest BCUT2D eigenvalue weighted by atomic mass is 10.2. The van der Waals surface area contributed by atoms with Crippen LogP contribution in [-0.2, 0) is 30.6 Å². The van der Waals surface area contributed by atoms with E-state index in [1.807, 2.05) is 6.92 Å². The lowest BCUT2D eigenvalue weighted by molar-refractivity contribution is 0.0953. The van der Waals surface area contributed by atoms with Crippen molar-refractivity contribution in [3.8, 4) is 0 Å². The number of nitrogens with one attached hydrogen (secondary N) is 2. The second kappa shape index (κ2) is 6.36. The summed E-state index contributed by atoms with van der Waals surface area (Å²) in [7, 11) is 0. The maximum Gasteiger partial charge on any atom is 0.254 e. The molecule has 1 aliphatic heterocycles. The van der Waals surface area contributed by atoms with Gasteiger partial charge in [-0.25, -0.2) is 4.98 Å². The molecule has 1 amide bonds. The van der Waals surface area contributed by atoms with Crippen LogP contribution in [-0.4, -0.2) is 34.2 Å². The normalized spacial score (nSPS) is 14.0. The van der Waals surface area contributed by atoms with Crippen molar-refractivity contribution in [1.29, 1.82) is 0 Å². The standard InChI is InChI=1S/C14H18N4O2S/c1-2-10-9(7-16-18-10)14(19)15-5-3-13-17-11-4-6-20-8-12(11)21-13/h7H,2-6,8H2,1H3,(H,15,19)(H,16,18). The van der Waals surface area contributed by atoms with Gasteiger partial charge in [0.1, 0.15) is 0 Å². The molecule has 2 aromatic heterocycles. The summed E-state index contributed by atoms with van der Waals surface area (Å²) in [6, 6.07) is 0. The fraction of sp³-hybridized carbons (Fsp3) is 0.500. The number of rotatable bonds is 5. The highest BCUT2D eigenvalue weighted by Gasteiger charge is 2.16. The lowest BCUT2D eigenvalue weighted by Crippen LogP contribution is -2.26. The number of hydrogen-bond donors (Lipinski definition) is 2. The van der Waals surface area contributed by atoms with E-state index in [2.05, 4.69) is 20.5 Å². The van der Waals surface area contributed by atoms with Crippen LogP contribution in [0.1, 0.15) is 38.6 Å². The first-order chi connectivity index (χ1) is 10.3. The molecule has 2 aromatic rings. The van der Waals surface area contributed by atoms with Gasteiger partial charge in [-0.1, -0.05) is 6.92 Å². The fourth-order valence-corrected chi connectivity index (χ4v) is 3.39. The Morgan fingerprint density at radius 3 is 3.29 bits per heavy atom. The van der Waals surface area contributed by atoms with E-state index < -0.39 is 0 Å². The predicted molar refractivity (Wildman–Crippen MR) is 79.5 cm³/mol. The molecule has 0 saturated carbocycles. The van der Waals surface area contributed by atoms with E-state index in [-0.39, 0.29) is 5.91 Å². The van der Waals surface area contributed by atoms with Crippen molar-refractivity contribution in [1.82, 2.24) is 20.5 Å². The Labute approximate surface area is 126 Å². The van der Waals surface area contributed by atoms with Gasteiger partial charge in [-0.15, -0.1) is 11.3 Å². The summed E-state index contributed by atoms with van der Waals surface area (Å²) in [6.45, 7) is 4.01. The van der Waals surface area contributed by atoms with E-state index >= 15 is 0 Å². The van der Waals surface area contributed by atoms with Crippen LogP contribution in [0.4, 0.5) is 0 Å². The van der Waals surface area contributed by atoms with Crippen molar-refractivity contribution >= 4 is 17.2 Å². The van der Waals surface area contributed by atoms with Gasteiger partial charge in [-0.3, -0.25) is 9.89 Å². The topological polar surface area (TPSA) is 79.9 Å². The van der Waals surface area contributed by atoms with E-state index in [1.165, 1.54) is 4.88 Å². The van der Waals surface area contributed by atoms with Gasteiger partial charge in [-0.2, -0.15) is 5.10 Å². The maximum atomic E-state index is 12.1. The molecule has 1 aliphatic rings. The van der Waals surface area contributed by atoms with E-state index in [9.17, 15) is 4.79 Å². The highest BCUT2D eigenvalue weighted by Crippen LogP contribution is 2.23. The summed E-state index contributed by atoms with van der Waals surface area (Å²) < 4.78 is 5.42. The van der Waals surface area contributed by atoms with Gasteiger partial charge in [0.15, 0.2) is 0 Å². The van der Waals surface area contributed by atoms with Crippen LogP contribution in [0.2, 0.25) is 0 Å². The average molecular weight is 306 g/mol. The molecule has 0 aromatic carbocycles. The third-order valence-electron chi connectivity index (χ3n) is 3.48. The molecule has 2 N–H and O–H groups in total. The molecule has 3 heterocycles. The molecule has 0 radical (unpaired) electrons. The summed E-state index contributed by atoms with van der Waals surface area (Å²) in [4.78, 5) is 17.9. The number of aromatic nitrogens is 3. The molecular formula is C14H18N4O2S. The van der Waals surface area contributed by atoms with Crippen molar-refractivity contribution in [2.45, 2.75) is 32.8 Å². The smallest absolute Gasteiger partial charge is 0.254 e. The zero-order valence-corrected chi connectivity index (χ0v) is 12.8. The number of H-pyrrole nitrogens is 1. The molecule has 6 nitrogen and oxygen atoms in total. The van der Waals surface area contributed by atoms with E-state index in [4.69, 9.17) is 4.74 Å². The molecule has 0 unspecified atom stereocenters.